The number of fused-ring (bicyclic) bond motifs is 1. The summed E-state index contributed by atoms with van der Waals surface area (Å²) in [5, 5.41) is 4.17. The van der Waals surface area contributed by atoms with Crippen molar-refractivity contribution < 1.29 is 9.53 Å². The summed E-state index contributed by atoms with van der Waals surface area (Å²) in [5.74, 6) is -0.381. The smallest absolute Gasteiger partial charge is 0.341 e. The molecule has 3 aromatic rings. The van der Waals surface area contributed by atoms with Crippen molar-refractivity contribution in [3.05, 3.63) is 58.9 Å². The molecular weight excluding hydrogens is 326 g/mol. The van der Waals surface area contributed by atoms with Gasteiger partial charge in [0.15, 0.2) is 5.65 Å². The lowest BCUT2D eigenvalue weighted by Gasteiger charge is -2.15. The van der Waals surface area contributed by atoms with Crippen molar-refractivity contribution in [2.45, 2.75) is 34.1 Å². The van der Waals surface area contributed by atoms with E-state index in [2.05, 4.69) is 41.3 Å². The largest absolute Gasteiger partial charge is 0.462 e. The predicted octanol–water partition coefficient (Wildman–Crippen LogP) is 4.87. The zero-order chi connectivity index (χ0) is 18.7. The Morgan fingerprint density at radius 1 is 1.12 bits per heavy atom. The van der Waals surface area contributed by atoms with Crippen molar-refractivity contribution >= 4 is 28.4 Å². The van der Waals surface area contributed by atoms with Crippen LogP contribution in [0.1, 0.15) is 40.5 Å². The van der Waals surface area contributed by atoms with Gasteiger partial charge in [-0.1, -0.05) is 13.0 Å². The van der Waals surface area contributed by atoms with Gasteiger partial charge in [0.25, 0.3) is 0 Å². The molecule has 0 bridgehead atoms. The average molecular weight is 349 g/mol. The number of nitrogens with one attached hydrogen (secondary N) is 1. The maximum absolute atomic E-state index is 12.5. The fourth-order valence-electron chi connectivity index (χ4n) is 2.70. The summed E-state index contributed by atoms with van der Waals surface area (Å²) in [6, 6.07) is 9.96. The highest BCUT2D eigenvalue weighted by molar-refractivity contribution is 6.05. The molecule has 0 amide bonds. The van der Waals surface area contributed by atoms with Gasteiger partial charge in [0.05, 0.1) is 12.3 Å². The van der Waals surface area contributed by atoms with Gasteiger partial charge in [0, 0.05) is 23.0 Å². The fourth-order valence-corrected chi connectivity index (χ4v) is 2.70. The van der Waals surface area contributed by atoms with Crippen LogP contribution in [0.5, 0.6) is 0 Å². The van der Waals surface area contributed by atoms with E-state index in [0.717, 1.165) is 23.2 Å². The first-order chi connectivity index (χ1) is 12.5. The van der Waals surface area contributed by atoms with Crippen LogP contribution in [0.4, 0.5) is 11.4 Å². The lowest BCUT2D eigenvalue weighted by molar-refractivity contribution is 0.0506. The third kappa shape index (κ3) is 3.67. The van der Waals surface area contributed by atoms with Gasteiger partial charge in [-0.3, -0.25) is 0 Å². The van der Waals surface area contributed by atoms with Crippen LogP contribution < -0.4 is 5.32 Å². The molecule has 26 heavy (non-hydrogen) atoms. The zero-order valence-electron chi connectivity index (χ0n) is 15.6. The summed E-state index contributed by atoms with van der Waals surface area (Å²) in [7, 11) is 0. The maximum atomic E-state index is 12.5. The molecule has 1 aromatic carbocycles. The van der Waals surface area contributed by atoms with Crippen molar-refractivity contribution in [3.8, 4) is 0 Å². The number of benzene rings is 1. The quantitative estimate of drug-likeness (QED) is 0.666. The van der Waals surface area contributed by atoms with E-state index in [-0.39, 0.29) is 5.97 Å². The normalized spacial score (nSPS) is 10.8. The lowest BCUT2D eigenvalue weighted by Crippen LogP contribution is -2.10. The predicted molar refractivity (Wildman–Crippen MR) is 104 cm³/mol. The van der Waals surface area contributed by atoms with Crippen molar-refractivity contribution in [1.82, 2.24) is 9.97 Å². The van der Waals surface area contributed by atoms with Gasteiger partial charge in [-0.2, -0.15) is 0 Å². The highest BCUT2D eigenvalue weighted by Gasteiger charge is 2.18. The van der Waals surface area contributed by atoms with Gasteiger partial charge < -0.3 is 10.1 Å². The Balaban J connectivity index is 2.11. The van der Waals surface area contributed by atoms with Crippen molar-refractivity contribution in [1.29, 1.82) is 0 Å². The standard InChI is InChI=1S/C21H23N3O2/c1-5-10-26-21(25)18-12-22-20-17(9-7-15(4)23-20)19(18)24-16-8-6-13(2)14(3)11-16/h6-9,11-12H,5,10H2,1-4H3,(H,22,23,24). The van der Waals surface area contributed by atoms with Crippen molar-refractivity contribution in [2.24, 2.45) is 0 Å². The van der Waals surface area contributed by atoms with Crippen LogP contribution in [-0.4, -0.2) is 22.5 Å². The molecule has 0 saturated heterocycles. The van der Waals surface area contributed by atoms with Crippen LogP contribution in [0.3, 0.4) is 0 Å². The summed E-state index contributed by atoms with van der Waals surface area (Å²) in [5.41, 5.74) is 5.87. The Bertz CT molecular complexity index is 967. The van der Waals surface area contributed by atoms with Crippen LogP contribution in [0, 0.1) is 20.8 Å². The Morgan fingerprint density at radius 2 is 1.92 bits per heavy atom. The molecule has 0 unspecified atom stereocenters. The Hall–Kier alpha value is -2.95. The van der Waals surface area contributed by atoms with E-state index in [1.165, 1.54) is 17.3 Å². The Labute approximate surface area is 153 Å². The number of aryl methyl sites for hydroxylation is 3. The lowest BCUT2D eigenvalue weighted by atomic mass is 10.1. The number of carbonyl (C=O) groups excluding carboxylic acids is 1. The molecule has 0 aliphatic carbocycles. The van der Waals surface area contributed by atoms with Crippen LogP contribution >= 0.6 is 0 Å². The van der Waals surface area contributed by atoms with Crippen LogP contribution in [0.2, 0.25) is 0 Å². The number of carbonyl (C=O) groups is 1. The summed E-state index contributed by atoms with van der Waals surface area (Å²) in [4.78, 5) is 21.3. The minimum absolute atomic E-state index is 0.381. The van der Waals surface area contributed by atoms with Crippen molar-refractivity contribution in [3.63, 3.8) is 0 Å². The Morgan fingerprint density at radius 3 is 2.65 bits per heavy atom. The van der Waals surface area contributed by atoms with E-state index in [1.54, 1.807) is 0 Å². The van der Waals surface area contributed by atoms with Crippen LogP contribution in [-0.2, 0) is 4.74 Å². The number of hydrogen-bond acceptors (Lipinski definition) is 5. The van der Waals surface area contributed by atoms with Gasteiger partial charge in [-0.05, 0) is 62.6 Å². The van der Waals surface area contributed by atoms with Gasteiger partial charge >= 0.3 is 5.97 Å². The summed E-state index contributed by atoms with van der Waals surface area (Å²) in [6.07, 6.45) is 2.31. The SMILES string of the molecule is CCCOC(=O)c1cnc2nc(C)ccc2c1Nc1ccc(C)c(C)c1. The average Bonchev–Trinajstić information content (AvgIpc) is 2.62. The van der Waals surface area contributed by atoms with Gasteiger partial charge in [-0.15, -0.1) is 0 Å². The van der Waals surface area contributed by atoms with Gasteiger partial charge in [0.1, 0.15) is 5.56 Å². The molecule has 0 spiro atoms. The molecule has 0 fully saturated rings. The highest BCUT2D eigenvalue weighted by atomic mass is 16.5. The van der Waals surface area contributed by atoms with E-state index in [1.807, 2.05) is 32.0 Å². The molecule has 0 saturated carbocycles. The van der Waals surface area contributed by atoms with Gasteiger partial charge in [0.2, 0.25) is 0 Å². The number of aromatic nitrogens is 2. The number of hydrogen-bond donors (Lipinski definition) is 1. The van der Waals surface area contributed by atoms with E-state index in [0.29, 0.717) is 23.5 Å². The number of rotatable bonds is 5. The molecule has 3 rings (SSSR count). The Kier molecular flexibility index (Phi) is 5.16. The summed E-state index contributed by atoms with van der Waals surface area (Å²) >= 11 is 0. The minimum Gasteiger partial charge on any atom is -0.462 e. The van der Waals surface area contributed by atoms with Gasteiger partial charge in [-0.25, -0.2) is 14.8 Å². The minimum atomic E-state index is -0.381. The molecular formula is C21H23N3O2. The first-order valence-corrected chi connectivity index (χ1v) is 8.77. The monoisotopic (exact) mass is 349 g/mol. The first-order valence-electron chi connectivity index (χ1n) is 8.77. The molecule has 5 nitrogen and oxygen atoms in total. The molecule has 0 aliphatic rings. The second-order valence-electron chi connectivity index (χ2n) is 6.43. The van der Waals surface area contributed by atoms with E-state index >= 15 is 0 Å². The summed E-state index contributed by atoms with van der Waals surface area (Å²) < 4.78 is 5.33. The summed E-state index contributed by atoms with van der Waals surface area (Å²) in [6.45, 7) is 8.40. The number of esters is 1. The second kappa shape index (κ2) is 7.52. The van der Waals surface area contributed by atoms with E-state index in [9.17, 15) is 4.79 Å². The third-order valence-corrected chi connectivity index (χ3v) is 4.30. The number of nitrogens with zero attached hydrogens (tertiary/aromatic N) is 2. The van der Waals surface area contributed by atoms with E-state index in [4.69, 9.17) is 4.74 Å². The van der Waals surface area contributed by atoms with Crippen LogP contribution in [0.15, 0.2) is 36.5 Å². The third-order valence-electron chi connectivity index (χ3n) is 4.30. The maximum Gasteiger partial charge on any atom is 0.341 e. The molecule has 0 atom stereocenters. The zero-order valence-corrected chi connectivity index (χ0v) is 15.6. The topological polar surface area (TPSA) is 64.1 Å². The first kappa shape index (κ1) is 17.9. The number of ether oxygens (including phenoxy) is 1. The molecule has 0 radical (unpaired) electrons. The molecule has 134 valence electrons. The van der Waals surface area contributed by atoms with Crippen molar-refractivity contribution in [2.75, 3.05) is 11.9 Å². The molecule has 0 aliphatic heterocycles. The molecule has 5 heteroatoms. The molecule has 1 N–H and O–H groups in total. The van der Waals surface area contributed by atoms with E-state index < -0.39 is 0 Å². The highest BCUT2D eigenvalue weighted by Crippen LogP contribution is 2.30. The second-order valence-corrected chi connectivity index (χ2v) is 6.43. The number of pyridine rings is 2. The van der Waals surface area contributed by atoms with Crippen LogP contribution in [0.25, 0.3) is 11.0 Å². The molecule has 2 aromatic heterocycles. The fraction of sp³-hybridized carbons (Fsp3) is 0.286. The molecule has 2 heterocycles. The number of anilines is 2.